The van der Waals surface area contributed by atoms with E-state index in [9.17, 15) is 9.90 Å². The van der Waals surface area contributed by atoms with Crippen LogP contribution < -0.4 is 5.32 Å². The smallest absolute Gasteiger partial charge is 0.251 e. The quantitative estimate of drug-likeness (QED) is 0.849. The molecule has 0 heterocycles. The van der Waals surface area contributed by atoms with Crippen molar-refractivity contribution in [3.63, 3.8) is 0 Å². The molecule has 0 aromatic heterocycles. The minimum absolute atomic E-state index is 0.0541. The van der Waals surface area contributed by atoms with Crippen LogP contribution in [0, 0.1) is 0 Å². The first kappa shape index (κ1) is 17.0. The van der Waals surface area contributed by atoms with Gasteiger partial charge in [-0.15, -0.1) is 0 Å². The van der Waals surface area contributed by atoms with Gasteiger partial charge in [0.2, 0.25) is 0 Å². The third-order valence-electron chi connectivity index (χ3n) is 4.39. The van der Waals surface area contributed by atoms with Crippen LogP contribution in [0.25, 0.3) is 0 Å². The van der Waals surface area contributed by atoms with E-state index < -0.39 is 0 Å². The average molecular weight is 304 g/mol. The van der Waals surface area contributed by atoms with Gasteiger partial charge in [-0.05, 0) is 37.5 Å². The molecular formula is C18H28N2O2. The number of carbonyl (C=O) groups excluding carboxylic acids is 1. The highest BCUT2D eigenvalue weighted by Gasteiger charge is 2.22. The van der Waals surface area contributed by atoms with Gasteiger partial charge in [0.15, 0.2) is 0 Å². The van der Waals surface area contributed by atoms with Crippen molar-refractivity contribution in [2.75, 3.05) is 13.6 Å². The number of aliphatic hydroxyl groups excluding tert-OH is 1. The van der Waals surface area contributed by atoms with Crippen LogP contribution in [0.2, 0.25) is 0 Å². The van der Waals surface area contributed by atoms with Crippen LogP contribution in [0.15, 0.2) is 24.3 Å². The van der Waals surface area contributed by atoms with Gasteiger partial charge in [0.1, 0.15) is 0 Å². The van der Waals surface area contributed by atoms with Crippen molar-refractivity contribution in [2.45, 2.75) is 57.7 Å². The highest BCUT2D eigenvalue weighted by atomic mass is 16.3. The third-order valence-corrected chi connectivity index (χ3v) is 4.39. The number of rotatable bonds is 6. The molecule has 0 saturated heterocycles. The summed E-state index contributed by atoms with van der Waals surface area (Å²) in [5.41, 5.74) is 1.83. The maximum atomic E-state index is 11.8. The predicted molar refractivity (Wildman–Crippen MR) is 88.8 cm³/mol. The van der Waals surface area contributed by atoms with E-state index in [1.165, 1.54) is 32.1 Å². The average Bonchev–Trinajstić information content (AvgIpc) is 2.54. The van der Waals surface area contributed by atoms with Crippen molar-refractivity contribution < 1.29 is 9.90 Å². The Morgan fingerprint density at radius 2 is 2.09 bits per heavy atom. The van der Waals surface area contributed by atoms with Crippen LogP contribution in [0.4, 0.5) is 0 Å². The Bertz CT molecular complexity index is 482. The highest BCUT2D eigenvalue weighted by Crippen LogP contribution is 2.24. The molecule has 1 aromatic rings. The molecule has 0 aliphatic heterocycles. The highest BCUT2D eigenvalue weighted by molar-refractivity contribution is 5.94. The first-order chi connectivity index (χ1) is 10.6. The molecule has 0 bridgehead atoms. The lowest BCUT2D eigenvalue weighted by molar-refractivity contribution is 0.0768. The van der Waals surface area contributed by atoms with Crippen molar-refractivity contribution in [3.05, 3.63) is 35.4 Å². The molecule has 1 aliphatic carbocycles. The summed E-state index contributed by atoms with van der Waals surface area (Å²) in [6.45, 7) is 3.33. The largest absolute Gasteiger partial charge is 0.392 e. The van der Waals surface area contributed by atoms with Gasteiger partial charge in [0, 0.05) is 31.7 Å². The molecule has 22 heavy (non-hydrogen) atoms. The first-order valence-corrected chi connectivity index (χ1v) is 8.33. The Hall–Kier alpha value is -1.39. The molecule has 0 radical (unpaired) electrons. The summed E-state index contributed by atoms with van der Waals surface area (Å²) in [4.78, 5) is 14.1. The van der Waals surface area contributed by atoms with Crippen LogP contribution in [0.3, 0.4) is 0 Å². The summed E-state index contributed by atoms with van der Waals surface area (Å²) in [5.74, 6) is -0.0541. The second-order valence-electron chi connectivity index (χ2n) is 6.35. The zero-order chi connectivity index (χ0) is 15.9. The van der Waals surface area contributed by atoms with Gasteiger partial charge in [0.05, 0.1) is 6.10 Å². The standard InChI is InChI=1S/C18H28N2O2/c1-14(21)12-20(17-9-4-3-5-10-17)13-15-7-6-8-16(11-15)18(22)19-2/h6-8,11,14,17,21H,3-5,9-10,12-13H2,1-2H3,(H,19,22). The van der Waals surface area contributed by atoms with Crippen molar-refractivity contribution in [1.82, 2.24) is 10.2 Å². The topological polar surface area (TPSA) is 52.6 Å². The lowest BCUT2D eigenvalue weighted by Crippen LogP contribution is -2.40. The molecule has 1 aliphatic rings. The van der Waals surface area contributed by atoms with Crippen LogP contribution in [0.5, 0.6) is 0 Å². The Kier molecular flexibility index (Phi) is 6.40. The van der Waals surface area contributed by atoms with Gasteiger partial charge < -0.3 is 10.4 Å². The fourth-order valence-electron chi connectivity index (χ4n) is 3.32. The van der Waals surface area contributed by atoms with Crippen LogP contribution in [0.1, 0.15) is 54.9 Å². The molecule has 2 rings (SSSR count). The van der Waals surface area contributed by atoms with E-state index >= 15 is 0 Å². The predicted octanol–water partition coefficient (Wildman–Crippen LogP) is 2.56. The normalized spacial score (nSPS) is 17.5. The van der Waals surface area contributed by atoms with Gasteiger partial charge in [-0.3, -0.25) is 9.69 Å². The van der Waals surface area contributed by atoms with E-state index in [0.29, 0.717) is 18.2 Å². The monoisotopic (exact) mass is 304 g/mol. The summed E-state index contributed by atoms with van der Waals surface area (Å²) >= 11 is 0. The minimum atomic E-state index is -0.330. The number of aliphatic hydroxyl groups is 1. The van der Waals surface area contributed by atoms with Crippen LogP contribution >= 0.6 is 0 Å². The summed E-state index contributed by atoms with van der Waals surface area (Å²) in [5, 5.41) is 12.5. The van der Waals surface area contributed by atoms with E-state index in [4.69, 9.17) is 0 Å². The third kappa shape index (κ3) is 4.82. The number of hydrogen-bond acceptors (Lipinski definition) is 3. The molecule has 1 saturated carbocycles. The molecule has 4 nitrogen and oxygen atoms in total. The number of benzene rings is 1. The summed E-state index contributed by atoms with van der Waals surface area (Å²) < 4.78 is 0. The van der Waals surface area contributed by atoms with E-state index in [2.05, 4.69) is 16.3 Å². The Morgan fingerprint density at radius 3 is 2.73 bits per heavy atom. The molecule has 1 unspecified atom stereocenters. The van der Waals surface area contributed by atoms with E-state index in [-0.39, 0.29) is 12.0 Å². The number of hydrogen-bond donors (Lipinski definition) is 2. The van der Waals surface area contributed by atoms with Crippen LogP contribution in [-0.4, -0.2) is 41.7 Å². The number of nitrogens with one attached hydrogen (secondary N) is 1. The Labute approximate surface area is 133 Å². The van der Waals surface area contributed by atoms with Gasteiger partial charge in [-0.25, -0.2) is 0 Å². The number of carbonyl (C=O) groups is 1. The first-order valence-electron chi connectivity index (χ1n) is 8.33. The number of amides is 1. The van der Waals surface area contributed by atoms with E-state index in [0.717, 1.165) is 12.1 Å². The molecule has 1 atom stereocenters. The molecule has 0 spiro atoms. The molecule has 1 fully saturated rings. The van der Waals surface area contributed by atoms with E-state index in [1.807, 2.05) is 25.1 Å². The van der Waals surface area contributed by atoms with Crippen molar-refractivity contribution >= 4 is 5.91 Å². The fourth-order valence-corrected chi connectivity index (χ4v) is 3.32. The maximum absolute atomic E-state index is 11.8. The van der Waals surface area contributed by atoms with Gasteiger partial charge in [-0.1, -0.05) is 31.4 Å². The van der Waals surface area contributed by atoms with Gasteiger partial charge in [-0.2, -0.15) is 0 Å². The molecular weight excluding hydrogens is 276 g/mol. The molecule has 2 N–H and O–H groups in total. The number of nitrogens with zero attached hydrogens (tertiary/aromatic N) is 1. The second-order valence-corrected chi connectivity index (χ2v) is 6.35. The summed E-state index contributed by atoms with van der Waals surface area (Å²) in [7, 11) is 1.65. The van der Waals surface area contributed by atoms with Crippen molar-refractivity contribution in [2.24, 2.45) is 0 Å². The molecule has 122 valence electrons. The summed E-state index contributed by atoms with van der Waals surface area (Å²) in [6.07, 6.45) is 5.97. The summed E-state index contributed by atoms with van der Waals surface area (Å²) in [6, 6.07) is 8.33. The fraction of sp³-hybridized carbons (Fsp3) is 0.611. The molecule has 1 aromatic carbocycles. The van der Waals surface area contributed by atoms with Crippen molar-refractivity contribution in [1.29, 1.82) is 0 Å². The maximum Gasteiger partial charge on any atom is 0.251 e. The minimum Gasteiger partial charge on any atom is -0.392 e. The zero-order valence-electron chi connectivity index (χ0n) is 13.7. The van der Waals surface area contributed by atoms with Gasteiger partial charge >= 0.3 is 0 Å². The SMILES string of the molecule is CNC(=O)c1cccc(CN(CC(C)O)C2CCCCC2)c1. The van der Waals surface area contributed by atoms with Crippen LogP contribution in [-0.2, 0) is 6.54 Å². The Balaban J connectivity index is 2.10. The molecule has 1 amide bonds. The van der Waals surface area contributed by atoms with Crippen molar-refractivity contribution in [3.8, 4) is 0 Å². The lowest BCUT2D eigenvalue weighted by atomic mass is 9.93. The van der Waals surface area contributed by atoms with E-state index in [1.54, 1.807) is 7.05 Å². The van der Waals surface area contributed by atoms with Gasteiger partial charge in [0.25, 0.3) is 5.91 Å². The zero-order valence-corrected chi connectivity index (χ0v) is 13.7. The Morgan fingerprint density at radius 1 is 1.36 bits per heavy atom. The molecule has 4 heteroatoms. The second kappa shape index (κ2) is 8.30. The lowest BCUT2D eigenvalue weighted by Gasteiger charge is -2.35.